The number of aromatic nitrogens is 1. The highest BCUT2D eigenvalue weighted by molar-refractivity contribution is 6.32. The topological polar surface area (TPSA) is 54.9 Å². The first kappa shape index (κ1) is 20.3. The first-order valence-corrected chi connectivity index (χ1v) is 9.97. The van der Waals surface area contributed by atoms with Gasteiger partial charge in [-0.05, 0) is 30.7 Å². The second-order valence-electron chi connectivity index (χ2n) is 6.66. The molecule has 0 N–H and O–H groups in total. The van der Waals surface area contributed by atoms with Gasteiger partial charge in [0, 0.05) is 37.9 Å². The SMILES string of the molecule is CCCCOc1c(Cl)cc(C(=O)N2CCN(c3ccccn3)CC2)cc1OC. The Bertz CT molecular complexity index is 793. The summed E-state index contributed by atoms with van der Waals surface area (Å²) in [5.74, 6) is 1.86. The van der Waals surface area contributed by atoms with Crippen molar-refractivity contribution in [2.75, 3.05) is 44.8 Å². The molecule has 6 nitrogen and oxygen atoms in total. The quantitative estimate of drug-likeness (QED) is 0.656. The van der Waals surface area contributed by atoms with Crippen LogP contribution in [0.1, 0.15) is 30.1 Å². The van der Waals surface area contributed by atoms with Crippen LogP contribution in [0.2, 0.25) is 5.02 Å². The Kier molecular flexibility index (Phi) is 6.98. The van der Waals surface area contributed by atoms with Gasteiger partial charge in [0.1, 0.15) is 5.82 Å². The highest BCUT2D eigenvalue weighted by Crippen LogP contribution is 2.37. The average molecular weight is 404 g/mol. The number of carbonyl (C=O) groups is 1. The molecule has 2 aromatic rings. The summed E-state index contributed by atoms with van der Waals surface area (Å²) in [7, 11) is 1.55. The van der Waals surface area contributed by atoms with Gasteiger partial charge in [0.25, 0.3) is 5.91 Å². The molecule has 1 aliphatic rings. The second-order valence-corrected chi connectivity index (χ2v) is 7.07. The number of methoxy groups -OCH3 is 1. The van der Waals surface area contributed by atoms with Crippen molar-refractivity contribution in [2.24, 2.45) is 0 Å². The van der Waals surface area contributed by atoms with Crippen molar-refractivity contribution in [2.45, 2.75) is 19.8 Å². The van der Waals surface area contributed by atoms with Gasteiger partial charge < -0.3 is 19.3 Å². The van der Waals surface area contributed by atoms with E-state index in [0.717, 1.165) is 31.7 Å². The lowest BCUT2D eigenvalue weighted by molar-refractivity contribution is 0.0746. The summed E-state index contributed by atoms with van der Waals surface area (Å²) in [6, 6.07) is 9.23. The van der Waals surface area contributed by atoms with Gasteiger partial charge in [0.2, 0.25) is 0 Å². The van der Waals surface area contributed by atoms with Gasteiger partial charge in [-0.15, -0.1) is 0 Å². The number of piperazine rings is 1. The summed E-state index contributed by atoms with van der Waals surface area (Å²) in [5, 5.41) is 0.394. The summed E-state index contributed by atoms with van der Waals surface area (Å²) in [5.41, 5.74) is 0.510. The van der Waals surface area contributed by atoms with Gasteiger partial charge in [0.15, 0.2) is 11.5 Å². The van der Waals surface area contributed by atoms with E-state index in [1.54, 1.807) is 25.4 Å². The maximum Gasteiger partial charge on any atom is 0.254 e. The summed E-state index contributed by atoms with van der Waals surface area (Å²) in [6.07, 6.45) is 3.74. The number of benzene rings is 1. The Morgan fingerprint density at radius 2 is 2.00 bits per heavy atom. The Labute approximate surface area is 171 Å². The monoisotopic (exact) mass is 403 g/mol. The lowest BCUT2D eigenvalue weighted by Crippen LogP contribution is -2.49. The fraction of sp³-hybridized carbons (Fsp3) is 0.429. The maximum atomic E-state index is 13.0. The molecule has 0 aliphatic carbocycles. The van der Waals surface area contributed by atoms with Crippen molar-refractivity contribution in [3.63, 3.8) is 0 Å². The van der Waals surface area contributed by atoms with E-state index in [1.165, 1.54) is 0 Å². The fourth-order valence-corrected chi connectivity index (χ4v) is 3.43. The van der Waals surface area contributed by atoms with E-state index in [2.05, 4.69) is 16.8 Å². The van der Waals surface area contributed by atoms with Crippen LogP contribution in [-0.4, -0.2) is 55.7 Å². The van der Waals surface area contributed by atoms with Gasteiger partial charge in [-0.1, -0.05) is 31.0 Å². The molecule has 1 aromatic heterocycles. The highest BCUT2D eigenvalue weighted by atomic mass is 35.5. The predicted octanol–water partition coefficient (Wildman–Crippen LogP) is 3.88. The van der Waals surface area contributed by atoms with Gasteiger partial charge in [-0.3, -0.25) is 4.79 Å². The zero-order valence-corrected chi connectivity index (χ0v) is 17.1. The Balaban J connectivity index is 1.68. The van der Waals surface area contributed by atoms with Gasteiger partial charge in [-0.2, -0.15) is 0 Å². The van der Waals surface area contributed by atoms with Crippen molar-refractivity contribution in [1.29, 1.82) is 0 Å². The zero-order chi connectivity index (χ0) is 19.9. The van der Waals surface area contributed by atoms with Crippen LogP contribution in [0.3, 0.4) is 0 Å². The molecule has 150 valence electrons. The Hall–Kier alpha value is -2.47. The molecule has 1 aromatic carbocycles. The minimum atomic E-state index is -0.0546. The third-order valence-electron chi connectivity index (χ3n) is 4.76. The molecule has 0 unspecified atom stereocenters. The van der Waals surface area contributed by atoms with Crippen LogP contribution < -0.4 is 14.4 Å². The standard InChI is InChI=1S/C21H26ClN3O3/c1-3-4-13-28-20-17(22)14-16(15-18(20)27-2)21(26)25-11-9-24(10-12-25)19-7-5-6-8-23-19/h5-8,14-15H,3-4,9-13H2,1-2H3. The second kappa shape index (κ2) is 9.64. The van der Waals surface area contributed by atoms with Crippen LogP contribution in [0.4, 0.5) is 5.82 Å². The number of pyridine rings is 1. The van der Waals surface area contributed by atoms with Crippen LogP contribution in [0.15, 0.2) is 36.5 Å². The molecule has 2 heterocycles. The highest BCUT2D eigenvalue weighted by Gasteiger charge is 2.24. The Morgan fingerprint density at radius 1 is 1.21 bits per heavy atom. The van der Waals surface area contributed by atoms with Crippen molar-refractivity contribution in [3.8, 4) is 11.5 Å². The lowest BCUT2D eigenvalue weighted by atomic mass is 10.1. The number of nitrogens with zero attached hydrogens (tertiary/aromatic N) is 3. The van der Waals surface area contributed by atoms with Crippen molar-refractivity contribution in [1.82, 2.24) is 9.88 Å². The molecule has 1 saturated heterocycles. The number of hydrogen-bond acceptors (Lipinski definition) is 5. The van der Waals surface area contributed by atoms with Crippen LogP contribution in [-0.2, 0) is 0 Å². The molecule has 0 bridgehead atoms. The van der Waals surface area contributed by atoms with Crippen molar-refractivity contribution >= 4 is 23.3 Å². The number of rotatable bonds is 7. The van der Waals surface area contributed by atoms with E-state index >= 15 is 0 Å². The normalized spacial score (nSPS) is 14.1. The van der Waals surface area contributed by atoms with Crippen LogP contribution in [0, 0.1) is 0 Å². The van der Waals surface area contributed by atoms with Crippen LogP contribution in [0.25, 0.3) is 0 Å². The summed E-state index contributed by atoms with van der Waals surface area (Å²) in [4.78, 5) is 21.4. The van der Waals surface area contributed by atoms with Gasteiger partial charge in [0.05, 0.1) is 18.7 Å². The van der Waals surface area contributed by atoms with E-state index in [0.29, 0.717) is 41.8 Å². The Morgan fingerprint density at radius 3 is 2.64 bits per heavy atom. The van der Waals surface area contributed by atoms with Crippen molar-refractivity contribution < 1.29 is 14.3 Å². The van der Waals surface area contributed by atoms with E-state index in [-0.39, 0.29) is 5.91 Å². The molecule has 0 atom stereocenters. The lowest BCUT2D eigenvalue weighted by Gasteiger charge is -2.35. The molecule has 1 fully saturated rings. The van der Waals surface area contributed by atoms with Gasteiger partial charge in [-0.25, -0.2) is 4.98 Å². The molecule has 7 heteroatoms. The number of ether oxygens (including phenoxy) is 2. The van der Waals surface area contributed by atoms with E-state index < -0.39 is 0 Å². The van der Waals surface area contributed by atoms with E-state index in [9.17, 15) is 4.79 Å². The molecule has 0 saturated carbocycles. The first-order valence-electron chi connectivity index (χ1n) is 9.59. The molecular weight excluding hydrogens is 378 g/mol. The summed E-state index contributed by atoms with van der Waals surface area (Å²) < 4.78 is 11.2. The van der Waals surface area contributed by atoms with Crippen LogP contribution >= 0.6 is 11.6 Å². The summed E-state index contributed by atoms with van der Waals surface area (Å²) in [6.45, 7) is 5.40. The molecule has 0 spiro atoms. The first-order chi connectivity index (χ1) is 13.6. The smallest absolute Gasteiger partial charge is 0.254 e. The number of unbranched alkanes of at least 4 members (excludes halogenated alkanes) is 1. The van der Waals surface area contributed by atoms with Gasteiger partial charge >= 0.3 is 0 Å². The number of anilines is 1. The molecule has 1 aliphatic heterocycles. The van der Waals surface area contributed by atoms with E-state index in [1.807, 2.05) is 23.1 Å². The van der Waals surface area contributed by atoms with Crippen molar-refractivity contribution in [3.05, 3.63) is 47.1 Å². The largest absolute Gasteiger partial charge is 0.493 e. The number of amides is 1. The predicted molar refractivity (Wildman–Crippen MR) is 111 cm³/mol. The third kappa shape index (κ3) is 4.68. The zero-order valence-electron chi connectivity index (χ0n) is 16.4. The molecular formula is C21H26ClN3O3. The number of carbonyl (C=O) groups excluding carboxylic acids is 1. The number of hydrogen-bond donors (Lipinski definition) is 0. The maximum absolute atomic E-state index is 13.0. The molecule has 0 radical (unpaired) electrons. The summed E-state index contributed by atoms with van der Waals surface area (Å²) >= 11 is 6.39. The molecule has 1 amide bonds. The third-order valence-corrected chi connectivity index (χ3v) is 5.04. The van der Waals surface area contributed by atoms with Crippen LogP contribution in [0.5, 0.6) is 11.5 Å². The van der Waals surface area contributed by atoms with E-state index in [4.69, 9.17) is 21.1 Å². The molecule has 3 rings (SSSR count). The minimum Gasteiger partial charge on any atom is -0.493 e. The average Bonchev–Trinajstić information content (AvgIpc) is 2.75. The minimum absolute atomic E-state index is 0.0546. The number of halogens is 1. The molecule has 28 heavy (non-hydrogen) atoms. The fourth-order valence-electron chi connectivity index (χ4n) is 3.16.